The molecule has 0 saturated carbocycles. The largest absolute Gasteiger partial charge is 0.497 e. The highest BCUT2D eigenvalue weighted by molar-refractivity contribution is 5.97. The van der Waals surface area contributed by atoms with E-state index in [2.05, 4.69) is 9.98 Å². The van der Waals surface area contributed by atoms with E-state index in [1.807, 2.05) is 47.0 Å². The van der Waals surface area contributed by atoms with E-state index in [0.717, 1.165) is 17.1 Å². The van der Waals surface area contributed by atoms with Crippen molar-refractivity contribution in [1.29, 1.82) is 0 Å². The molecular formula is C14H17N5O. The first kappa shape index (κ1) is 12.5. The lowest BCUT2D eigenvalue weighted by Gasteiger charge is -2.26. The molecule has 3 rings (SSSR count). The molecule has 6 heteroatoms. The maximum Gasteiger partial charge on any atom is 0.196 e. The topological polar surface area (TPSA) is 68.7 Å². The number of aryl methyl sites for hydroxylation is 1. The summed E-state index contributed by atoms with van der Waals surface area (Å²) in [6, 6.07) is 7.88. The molecule has 1 atom stereocenters. The molecule has 1 aromatic carbocycles. The van der Waals surface area contributed by atoms with Gasteiger partial charge in [0.15, 0.2) is 5.96 Å². The number of guanidine groups is 1. The van der Waals surface area contributed by atoms with Gasteiger partial charge in [-0.1, -0.05) is 0 Å². The Morgan fingerprint density at radius 3 is 2.65 bits per heavy atom. The van der Waals surface area contributed by atoms with Gasteiger partial charge in [0, 0.05) is 12.7 Å². The van der Waals surface area contributed by atoms with Crippen molar-refractivity contribution in [3.63, 3.8) is 0 Å². The number of aliphatic imine (C=N–C) groups is 1. The van der Waals surface area contributed by atoms with Crippen molar-refractivity contribution in [2.75, 3.05) is 18.6 Å². The second-order valence-electron chi connectivity index (χ2n) is 4.71. The van der Waals surface area contributed by atoms with Crippen LogP contribution in [-0.4, -0.2) is 29.2 Å². The molecule has 104 valence electrons. The van der Waals surface area contributed by atoms with Crippen molar-refractivity contribution in [3.05, 3.63) is 42.5 Å². The Bertz CT molecular complexity index is 631. The number of hydrogen-bond acceptors (Lipinski definition) is 5. The van der Waals surface area contributed by atoms with Crippen molar-refractivity contribution in [1.82, 2.24) is 9.55 Å². The molecule has 0 radical (unpaired) electrons. The van der Waals surface area contributed by atoms with E-state index in [1.54, 1.807) is 13.4 Å². The van der Waals surface area contributed by atoms with Crippen molar-refractivity contribution >= 4 is 11.6 Å². The molecule has 2 N–H and O–H groups in total. The zero-order valence-corrected chi connectivity index (χ0v) is 11.5. The molecule has 1 aromatic heterocycles. The molecule has 0 fully saturated rings. The van der Waals surface area contributed by atoms with Crippen molar-refractivity contribution < 1.29 is 4.74 Å². The van der Waals surface area contributed by atoms with Gasteiger partial charge in [-0.05, 0) is 24.3 Å². The SMILES string of the molecule is COc1ccc(N2C(N)=NCC2c2cncn2C)cc1. The van der Waals surface area contributed by atoms with Gasteiger partial charge in [0.25, 0.3) is 0 Å². The highest BCUT2D eigenvalue weighted by atomic mass is 16.5. The van der Waals surface area contributed by atoms with E-state index in [9.17, 15) is 0 Å². The normalized spacial score (nSPS) is 18.2. The van der Waals surface area contributed by atoms with E-state index in [-0.39, 0.29) is 6.04 Å². The number of methoxy groups -OCH3 is 1. The van der Waals surface area contributed by atoms with Gasteiger partial charge in [-0.2, -0.15) is 0 Å². The summed E-state index contributed by atoms with van der Waals surface area (Å²) in [6.45, 7) is 0.636. The predicted octanol–water partition coefficient (Wildman–Crippen LogP) is 1.30. The van der Waals surface area contributed by atoms with Crippen LogP contribution in [0, 0.1) is 0 Å². The number of imidazole rings is 1. The molecule has 20 heavy (non-hydrogen) atoms. The minimum Gasteiger partial charge on any atom is -0.497 e. The highest BCUT2D eigenvalue weighted by Crippen LogP contribution is 2.31. The van der Waals surface area contributed by atoms with E-state index in [0.29, 0.717) is 12.5 Å². The lowest BCUT2D eigenvalue weighted by atomic mass is 10.1. The van der Waals surface area contributed by atoms with Gasteiger partial charge in [-0.15, -0.1) is 0 Å². The summed E-state index contributed by atoms with van der Waals surface area (Å²) < 4.78 is 7.18. The Morgan fingerprint density at radius 1 is 1.30 bits per heavy atom. The van der Waals surface area contributed by atoms with Gasteiger partial charge < -0.3 is 19.9 Å². The summed E-state index contributed by atoms with van der Waals surface area (Å²) in [5.41, 5.74) is 8.13. The Hall–Kier alpha value is -2.50. The lowest BCUT2D eigenvalue weighted by molar-refractivity contribution is 0.415. The monoisotopic (exact) mass is 271 g/mol. The van der Waals surface area contributed by atoms with Crippen LogP contribution < -0.4 is 15.4 Å². The maximum absolute atomic E-state index is 6.04. The lowest BCUT2D eigenvalue weighted by Crippen LogP contribution is -2.36. The van der Waals surface area contributed by atoms with Crippen LogP contribution in [0.1, 0.15) is 11.7 Å². The second-order valence-corrected chi connectivity index (χ2v) is 4.71. The van der Waals surface area contributed by atoms with E-state index in [4.69, 9.17) is 10.5 Å². The van der Waals surface area contributed by atoms with E-state index >= 15 is 0 Å². The molecule has 6 nitrogen and oxygen atoms in total. The zero-order chi connectivity index (χ0) is 14.1. The molecule has 1 unspecified atom stereocenters. The first-order chi connectivity index (χ1) is 9.70. The smallest absolute Gasteiger partial charge is 0.196 e. The first-order valence-electron chi connectivity index (χ1n) is 6.40. The van der Waals surface area contributed by atoms with Crippen molar-refractivity contribution in [2.24, 2.45) is 17.8 Å². The molecule has 2 aromatic rings. The van der Waals surface area contributed by atoms with Crippen LogP contribution in [0.2, 0.25) is 0 Å². The molecule has 0 amide bonds. The predicted molar refractivity (Wildman–Crippen MR) is 77.9 cm³/mol. The van der Waals surface area contributed by atoms with Crippen LogP contribution in [0.25, 0.3) is 0 Å². The van der Waals surface area contributed by atoms with Gasteiger partial charge in [-0.3, -0.25) is 4.99 Å². The quantitative estimate of drug-likeness (QED) is 0.913. The van der Waals surface area contributed by atoms with Crippen LogP contribution in [0.5, 0.6) is 5.75 Å². The highest BCUT2D eigenvalue weighted by Gasteiger charge is 2.30. The third kappa shape index (κ3) is 1.99. The van der Waals surface area contributed by atoms with Crippen LogP contribution in [0.15, 0.2) is 41.8 Å². The van der Waals surface area contributed by atoms with Gasteiger partial charge in [-0.25, -0.2) is 4.98 Å². The van der Waals surface area contributed by atoms with Gasteiger partial charge in [0.2, 0.25) is 0 Å². The number of aromatic nitrogens is 2. The fourth-order valence-electron chi connectivity index (χ4n) is 2.47. The molecule has 1 aliphatic rings. The number of rotatable bonds is 3. The van der Waals surface area contributed by atoms with Crippen LogP contribution in [-0.2, 0) is 7.05 Å². The Balaban J connectivity index is 1.95. The minimum atomic E-state index is 0.0795. The summed E-state index contributed by atoms with van der Waals surface area (Å²) in [6.07, 6.45) is 3.64. The van der Waals surface area contributed by atoms with Crippen LogP contribution >= 0.6 is 0 Å². The van der Waals surface area contributed by atoms with Crippen molar-refractivity contribution in [3.8, 4) is 5.75 Å². The zero-order valence-electron chi connectivity index (χ0n) is 11.5. The fraction of sp³-hybridized carbons (Fsp3) is 0.286. The Morgan fingerprint density at radius 2 is 2.05 bits per heavy atom. The number of nitrogens with two attached hydrogens (primary N) is 1. The fourth-order valence-corrected chi connectivity index (χ4v) is 2.47. The number of nitrogens with zero attached hydrogens (tertiary/aromatic N) is 4. The molecule has 1 aliphatic heterocycles. The number of ether oxygens (including phenoxy) is 1. The van der Waals surface area contributed by atoms with E-state index < -0.39 is 0 Å². The second kappa shape index (κ2) is 4.88. The summed E-state index contributed by atoms with van der Waals surface area (Å²) in [7, 11) is 3.63. The standard InChI is InChI=1S/C14H17N5O/c1-18-9-16-7-12(18)13-8-17-14(15)19(13)10-3-5-11(20-2)6-4-10/h3-7,9,13H,8H2,1-2H3,(H2,15,17). The Labute approximate surface area is 117 Å². The summed E-state index contributed by atoms with van der Waals surface area (Å²) in [5.74, 6) is 1.35. The number of anilines is 1. The molecule has 0 saturated heterocycles. The molecule has 0 spiro atoms. The van der Waals surface area contributed by atoms with E-state index in [1.165, 1.54) is 0 Å². The molecular weight excluding hydrogens is 254 g/mol. The van der Waals surface area contributed by atoms with Crippen LogP contribution in [0.3, 0.4) is 0 Å². The molecule has 2 heterocycles. The first-order valence-corrected chi connectivity index (χ1v) is 6.40. The van der Waals surface area contributed by atoms with Gasteiger partial charge >= 0.3 is 0 Å². The summed E-state index contributed by atoms with van der Waals surface area (Å²) in [4.78, 5) is 10.6. The number of benzene rings is 1. The molecule has 0 aliphatic carbocycles. The van der Waals surface area contributed by atoms with Crippen molar-refractivity contribution in [2.45, 2.75) is 6.04 Å². The summed E-state index contributed by atoms with van der Waals surface area (Å²) >= 11 is 0. The molecule has 0 bridgehead atoms. The Kier molecular flexibility index (Phi) is 3.06. The third-order valence-electron chi connectivity index (χ3n) is 3.53. The average Bonchev–Trinajstić information content (AvgIpc) is 3.05. The maximum atomic E-state index is 6.04. The van der Waals surface area contributed by atoms with Gasteiger partial charge in [0.1, 0.15) is 5.75 Å². The minimum absolute atomic E-state index is 0.0795. The summed E-state index contributed by atoms with van der Waals surface area (Å²) in [5, 5.41) is 0. The number of hydrogen-bond donors (Lipinski definition) is 1. The third-order valence-corrected chi connectivity index (χ3v) is 3.53. The van der Waals surface area contributed by atoms with Crippen LogP contribution in [0.4, 0.5) is 5.69 Å². The van der Waals surface area contributed by atoms with Gasteiger partial charge in [0.05, 0.1) is 37.9 Å². The average molecular weight is 271 g/mol.